The van der Waals surface area contributed by atoms with Gasteiger partial charge < -0.3 is 10.2 Å². The van der Waals surface area contributed by atoms with Crippen LogP contribution >= 0.6 is 0 Å². The van der Waals surface area contributed by atoms with Crippen LogP contribution in [-0.4, -0.2) is 42.0 Å². The molecule has 0 unspecified atom stereocenters. The molecule has 1 aliphatic heterocycles. The Kier molecular flexibility index (Phi) is 5.70. The number of piperidine rings is 1. The molecule has 1 heterocycles. The Hall–Kier alpha value is -1.53. The van der Waals surface area contributed by atoms with Crippen LogP contribution in [0.5, 0.6) is 0 Å². The average molecular weight is 332 g/mol. The Morgan fingerprint density at radius 1 is 1.09 bits per heavy atom. The Labute approximate surface area is 134 Å². The zero-order valence-corrected chi connectivity index (χ0v) is 13.3. The highest BCUT2D eigenvalue weighted by Crippen LogP contribution is 2.30. The summed E-state index contributed by atoms with van der Waals surface area (Å²) in [6.45, 7) is 2.72. The lowest BCUT2D eigenvalue weighted by Crippen LogP contribution is -2.49. The van der Waals surface area contributed by atoms with Gasteiger partial charge in [-0.2, -0.15) is 13.2 Å². The van der Waals surface area contributed by atoms with Crippen molar-refractivity contribution in [3.63, 3.8) is 0 Å². The molecule has 1 aliphatic carbocycles. The molecule has 2 fully saturated rings. The Morgan fingerprint density at radius 2 is 1.65 bits per heavy atom. The van der Waals surface area contributed by atoms with E-state index in [1.54, 1.807) is 11.0 Å². The molecule has 2 amide bonds. The molecule has 0 radical (unpaired) electrons. The molecular formula is C16H23F3N2O2. The van der Waals surface area contributed by atoms with Crippen molar-refractivity contribution in [2.45, 2.75) is 57.7 Å². The predicted molar refractivity (Wildman–Crippen MR) is 79.5 cm³/mol. The van der Waals surface area contributed by atoms with E-state index in [9.17, 15) is 22.8 Å². The van der Waals surface area contributed by atoms with E-state index in [1.807, 2.05) is 12.2 Å². The topological polar surface area (TPSA) is 49.4 Å². The SMILES string of the molecule is C/C(=C\C(=O)N1CCC(NC(=O)C(F)(F)F)CC1)C1CCCC1. The monoisotopic (exact) mass is 332 g/mol. The quantitative estimate of drug-likeness (QED) is 0.808. The lowest BCUT2D eigenvalue weighted by molar-refractivity contribution is -0.174. The zero-order chi connectivity index (χ0) is 17.0. The lowest BCUT2D eigenvalue weighted by atomic mass is 9.98. The molecule has 1 saturated carbocycles. The number of allylic oxidation sites excluding steroid dienone is 1. The van der Waals surface area contributed by atoms with Crippen molar-refractivity contribution in [2.75, 3.05) is 13.1 Å². The highest BCUT2D eigenvalue weighted by atomic mass is 19.4. The molecular weight excluding hydrogens is 309 g/mol. The minimum atomic E-state index is -4.85. The second-order valence-electron chi connectivity index (χ2n) is 6.44. The molecule has 0 spiro atoms. The largest absolute Gasteiger partial charge is 0.471 e. The molecule has 7 heteroatoms. The van der Waals surface area contributed by atoms with E-state index in [2.05, 4.69) is 0 Å². The maximum absolute atomic E-state index is 12.2. The number of amides is 2. The third-order valence-corrected chi connectivity index (χ3v) is 4.75. The van der Waals surface area contributed by atoms with Gasteiger partial charge in [0.1, 0.15) is 0 Å². The van der Waals surface area contributed by atoms with Gasteiger partial charge in [-0.1, -0.05) is 18.4 Å². The Bertz CT molecular complexity index is 474. The number of nitrogens with zero attached hydrogens (tertiary/aromatic N) is 1. The van der Waals surface area contributed by atoms with Gasteiger partial charge in [0.05, 0.1) is 0 Å². The number of hydrogen-bond donors (Lipinski definition) is 1. The number of rotatable bonds is 3. The molecule has 23 heavy (non-hydrogen) atoms. The Morgan fingerprint density at radius 3 is 2.17 bits per heavy atom. The first-order chi connectivity index (χ1) is 10.8. The highest BCUT2D eigenvalue weighted by Gasteiger charge is 2.40. The summed E-state index contributed by atoms with van der Waals surface area (Å²) < 4.78 is 36.6. The summed E-state index contributed by atoms with van der Waals surface area (Å²) in [7, 11) is 0. The number of hydrogen-bond acceptors (Lipinski definition) is 2. The standard InChI is InChI=1S/C16H23F3N2O2/c1-11(12-4-2-3-5-12)10-14(22)21-8-6-13(7-9-21)20-15(23)16(17,18)19/h10,12-13H,2-9H2,1H3,(H,20,23)/b11-10+. The lowest BCUT2D eigenvalue weighted by Gasteiger charge is -2.32. The van der Waals surface area contributed by atoms with E-state index in [-0.39, 0.29) is 5.91 Å². The van der Waals surface area contributed by atoms with Gasteiger partial charge in [0.15, 0.2) is 0 Å². The summed E-state index contributed by atoms with van der Waals surface area (Å²) in [4.78, 5) is 24.8. The van der Waals surface area contributed by atoms with Gasteiger partial charge in [0, 0.05) is 25.2 Å². The summed E-state index contributed by atoms with van der Waals surface area (Å²) in [6.07, 6.45) is 2.18. The van der Waals surface area contributed by atoms with E-state index in [1.165, 1.54) is 12.8 Å². The second kappa shape index (κ2) is 7.36. The molecule has 2 aliphatic rings. The molecule has 4 nitrogen and oxygen atoms in total. The van der Waals surface area contributed by atoms with E-state index in [0.717, 1.165) is 18.4 Å². The molecule has 1 saturated heterocycles. The molecule has 1 N–H and O–H groups in total. The summed E-state index contributed by atoms with van der Waals surface area (Å²) in [5, 5.41) is 1.99. The molecule has 0 bridgehead atoms. The van der Waals surface area contributed by atoms with Crippen molar-refractivity contribution in [2.24, 2.45) is 5.92 Å². The van der Waals surface area contributed by atoms with Gasteiger partial charge in [0.25, 0.3) is 0 Å². The molecule has 2 rings (SSSR count). The number of nitrogens with one attached hydrogen (secondary N) is 1. The van der Waals surface area contributed by atoms with Gasteiger partial charge in [0.2, 0.25) is 5.91 Å². The van der Waals surface area contributed by atoms with Gasteiger partial charge in [-0.05, 0) is 38.5 Å². The Balaban J connectivity index is 1.80. The first-order valence-corrected chi connectivity index (χ1v) is 8.12. The van der Waals surface area contributed by atoms with Crippen molar-refractivity contribution in [1.82, 2.24) is 10.2 Å². The van der Waals surface area contributed by atoms with Crippen molar-refractivity contribution in [1.29, 1.82) is 0 Å². The van der Waals surface area contributed by atoms with Crippen LogP contribution in [0.2, 0.25) is 0 Å². The van der Waals surface area contributed by atoms with Crippen molar-refractivity contribution in [3.8, 4) is 0 Å². The summed E-state index contributed by atoms with van der Waals surface area (Å²) in [5.41, 5.74) is 1.10. The van der Waals surface area contributed by atoms with E-state index in [4.69, 9.17) is 0 Å². The minimum absolute atomic E-state index is 0.0741. The number of alkyl halides is 3. The van der Waals surface area contributed by atoms with Crippen molar-refractivity contribution >= 4 is 11.8 Å². The average Bonchev–Trinajstić information content (AvgIpc) is 3.01. The van der Waals surface area contributed by atoms with Crippen LogP contribution in [0.15, 0.2) is 11.6 Å². The molecule has 130 valence electrons. The number of likely N-dealkylation sites (tertiary alicyclic amines) is 1. The summed E-state index contributed by atoms with van der Waals surface area (Å²) in [5.74, 6) is -1.49. The van der Waals surface area contributed by atoms with Gasteiger partial charge in [-0.3, -0.25) is 9.59 Å². The zero-order valence-electron chi connectivity index (χ0n) is 13.3. The van der Waals surface area contributed by atoms with Crippen LogP contribution in [0.3, 0.4) is 0 Å². The van der Waals surface area contributed by atoms with Gasteiger partial charge in [-0.15, -0.1) is 0 Å². The third-order valence-electron chi connectivity index (χ3n) is 4.75. The molecule has 0 aromatic rings. The van der Waals surface area contributed by atoms with Gasteiger partial charge in [-0.25, -0.2) is 0 Å². The maximum Gasteiger partial charge on any atom is 0.471 e. The molecule has 0 aromatic heterocycles. The minimum Gasteiger partial charge on any atom is -0.345 e. The molecule has 0 aromatic carbocycles. The van der Waals surface area contributed by atoms with Crippen molar-refractivity contribution in [3.05, 3.63) is 11.6 Å². The third kappa shape index (κ3) is 4.97. The summed E-state index contributed by atoms with van der Waals surface area (Å²) in [6, 6.07) is -0.520. The fourth-order valence-corrected chi connectivity index (χ4v) is 3.30. The molecule has 0 atom stereocenters. The second-order valence-corrected chi connectivity index (χ2v) is 6.44. The maximum atomic E-state index is 12.2. The van der Waals surface area contributed by atoms with E-state index >= 15 is 0 Å². The normalized spacial score (nSPS) is 21.6. The van der Waals surface area contributed by atoms with Crippen LogP contribution in [0.25, 0.3) is 0 Å². The first-order valence-electron chi connectivity index (χ1n) is 8.12. The van der Waals surface area contributed by atoms with E-state index < -0.39 is 18.1 Å². The fraction of sp³-hybridized carbons (Fsp3) is 0.750. The van der Waals surface area contributed by atoms with Gasteiger partial charge >= 0.3 is 12.1 Å². The predicted octanol–water partition coefficient (Wildman–Crippen LogP) is 2.79. The summed E-state index contributed by atoms with van der Waals surface area (Å²) >= 11 is 0. The van der Waals surface area contributed by atoms with Crippen LogP contribution in [0.4, 0.5) is 13.2 Å². The van der Waals surface area contributed by atoms with Crippen molar-refractivity contribution < 1.29 is 22.8 Å². The smallest absolute Gasteiger partial charge is 0.345 e. The number of carbonyl (C=O) groups is 2. The van der Waals surface area contributed by atoms with Crippen LogP contribution in [0, 0.1) is 5.92 Å². The van der Waals surface area contributed by atoms with Crippen LogP contribution in [0.1, 0.15) is 45.4 Å². The first kappa shape index (κ1) is 17.8. The highest BCUT2D eigenvalue weighted by molar-refractivity contribution is 5.88. The van der Waals surface area contributed by atoms with E-state index in [0.29, 0.717) is 31.8 Å². The fourth-order valence-electron chi connectivity index (χ4n) is 3.30. The van der Waals surface area contributed by atoms with Crippen LogP contribution < -0.4 is 5.32 Å². The van der Waals surface area contributed by atoms with Crippen LogP contribution in [-0.2, 0) is 9.59 Å². The number of carbonyl (C=O) groups excluding carboxylic acids is 2. The number of halogens is 3.